The normalized spacial score (nSPS) is 10.4. The number of rotatable bonds is 3. The summed E-state index contributed by atoms with van der Waals surface area (Å²) in [6.45, 7) is 17.8. The maximum Gasteiger partial charge on any atom is 1.00 e. The van der Waals surface area contributed by atoms with Crippen molar-refractivity contribution in [3.05, 3.63) is 6.92 Å². The summed E-state index contributed by atoms with van der Waals surface area (Å²) in [4.78, 5) is 4.10. The van der Waals surface area contributed by atoms with Crippen LogP contribution in [0.15, 0.2) is 0 Å². The Balaban J connectivity index is -0.0000000267. The Labute approximate surface area is 259 Å². The van der Waals surface area contributed by atoms with E-state index in [4.69, 9.17) is 38.5 Å². The molecule has 30 heavy (non-hydrogen) atoms. The summed E-state index contributed by atoms with van der Waals surface area (Å²) < 4.78 is 0. The fourth-order valence-electron chi connectivity index (χ4n) is 1.91. The molecule has 1 saturated heterocycles. The monoisotopic (exact) mass is 584 g/mol. The standard InChI is InChI=1S/C8H18N.C5H11N.C2H4Cl2.CH3I.CH4O.2CH3O.2Li.Na/c1-6-9(7(2)3)8(4)5;1-2-4-6-5-3-1;1-2(3)4;4*1-2;;;/h7-8H,1,6H2,2-5H3;6H,1-5H2;2H,1H3;1H3;2H,1H3;2*1H3;;;/q-1;;;;;2*-1;3*+1. The number of aliphatic hydroxyl groups excluding tert-OH is 1. The second kappa shape index (κ2) is 63.6. The zero-order chi connectivity index (χ0) is 23.3. The van der Waals surface area contributed by atoms with Crippen molar-refractivity contribution in [1.82, 2.24) is 10.2 Å². The minimum atomic E-state index is -0.222. The van der Waals surface area contributed by atoms with Gasteiger partial charge in [0.2, 0.25) is 0 Å². The largest absolute Gasteiger partial charge is 1.00 e. The molecule has 0 saturated carbocycles. The molecule has 2 N–H and O–H groups in total. The van der Waals surface area contributed by atoms with Crippen molar-refractivity contribution in [2.24, 2.45) is 0 Å². The molecule has 0 atom stereocenters. The van der Waals surface area contributed by atoms with Gasteiger partial charge in [0.1, 0.15) is 4.84 Å². The number of hydrogen-bond donors (Lipinski definition) is 2. The van der Waals surface area contributed by atoms with Gasteiger partial charge < -0.3 is 32.5 Å². The van der Waals surface area contributed by atoms with Crippen LogP contribution < -0.4 is 82.8 Å². The van der Waals surface area contributed by atoms with Crippen molar-refractivity contribution in [3.63, 3.8) is 0 Å². The van der Waals surface area contributed by atoms with Gasteiger partial charge >= 0.3 is 67.3 Å². The predicted molar refractivity (Wildman–Crippen MR) is 130 cm³/mol. The number of nitrogens with zero attached hydrogens (tertiary/aromatic N) is 1. The summed E-state index contributed by atoms with van der Waals surface area (Å²) in [6, 6.07) is 1.25. The van der Waals surface area contributed by atoms with Gasteiger partial charge in [-0.2, -0.15) is 14.2 Å². The molecule has 1 aliphatic heterocycles. The zero-order valence-electron chi connectivity index (χ0n) is 22.0. The van der Waals surface area contributed by atoms with E-state index in [9.17, 15) is 0 Å². The molecule has 0 aromatic rings. The first-order chi connectivity index (χ1) is 12.8. The molecule has 0 radical (unpaired) electrons. The predicted octanol–water partition coefficient (Wildman–Crippen LogP) is -5.87. The Morgan fingerprint density at radius 2 is 1.10 bits per heavy atom. The Morgan fingerprint density at radius 1 is 0.867 bits per heavy atom. The fourth-order valence-corrected chi connectivity index (χ4v) is 1.91. The van der Waals surface area contributed by atoms with Crippen LogP contribution in [-0.4, -0.2) is 72.8 Å². The molecule has 1 heterocycles. The maximum absolute atomic E-state index is 8.25. The molecule has 0 aromatic heterocycles. The molecule has 1 fully saturated rings. The SMILES string of the molecule is C1CCNCC1.CC(Cl)Cl.CI.CO.C[O-].C[O-].[CH2-]CN(C(C)C)C(C)C.[Li+].[Li+].[Na+]. The van der Waals surface area contributed by atoms with Gasteiger partial charge in [0.15, 0.2) is 0 Å². The molecule has 5 nitrogen and oxygen atoms in total. The van der Waals surface area contributed by atoms with E-state index in [2.05, 4.69) is 67.4 Å². The van der Waals surface area contributed by atoms with E-state index >= 15 is 0 Å². The molecule has 0 bridgehead atoms. The van der Waals surface area contributed by atoms with E-state index in [1.54, 1.807) is 6.92 Å². The number of alkyl halides is 3. The number of piperidine rings is 1. The second-order valence-electron chi connectivity index (χ2n) is 5.25. The first kappa shape index (κ1) is 58.8. The maximum atomic E-state index is 8.25. The van der Waals surface area contributed by atoms with Crippen LogP contribution in [0.25, 0.3) is 0 Å². The first-order valence-corrected chi connectivity index (χ1v) is 12.0. The van der Waals surface area contributed by atoms with Crippen LogP contribution in [0.4, 0.5) is 0 Å². The van der Waals surface area contributed by atoms with Crippen molar-refractivity contribution in [2.75, 3.05) is 45.9 Å². The second-order valence-corrected chi connectivity index (χ2v) is 6.79. The summed E-state index contributed by atoms with van der Waals surface area (Å²) in [5.41, 5.74) is 0. The summed E-state index contributed by atoms with van der Waals surface area (Å²) >= 11 is 12.2. The van der Waals surface area contributed by atoms with Crippen LogP contribution in [0.1, 0.15) is 53.9 Å². The Kier molecular flexibility index (Phi) is 125. The minimum Gasteiger partial charge on any atom is -0.857 e. The van der Waals surface area contributed by atoms with E-state index in [1.807, 2.05) is 4.93 Å². The average Bonchev–Trinajstić information content (AvgIpc) is 2.69. The molecule has 1 rings (SSSR count). The summed E-state index contributed by atoms with van der Waals surface area (Å²) in [5, 5.41) is 26.8. The number of hydrogen-bond acceptors (Lipinski definition) is 5. The Hall–Kier alpha value is 3.30. The van der Waals surface area contributed by atoms with Crippen molar-refractivity contribution in [2.45, 2.75) is 70.8 Å². The van der Waals surface area contributed by atoms with Gasteiger partial charge in [-0.3, -0.25) is 0 Å². The van der Waals surface area contributed by atoms with Gasteiger partial charge in [0.25, 0.3) is 0 Å². The van der Waals surface area contributed by atoms with E-state index in [-0.39, 0.29) is 72.1 Å². The number of halogens is 3. The van der Waals surface area contributed by atoms with Gasteiger partial charge in [-0.15, -0.1) is 29.7 Å². The van der Waals surface area contributed by atoms with Crippen LogP contribution in [0.5, 0.6) is 0 Å². The third kappa shape index (κ3) is 77.1. The molecular weight excluding hydrogens is 539 g/mol. The van der Waals surface area contributed by atoms with Gasteiger partial charge in [-0.05, 0) is 65.5 Å². The summed E-state index contributed by atoms with van der Waals surface area (Å²) in [6.07, 6.45) is 4.22. The molecule has 0 amide bonds. The molecule has 0 spiro atoms. The van der Waals surface area contributed by atoms with Crippen molar-refractivity contribution < 1.29 is 82.6 Å². The number of nitrogens with one attached hydrogen (secondary N) is 1. The third-order valence-electron chi connectivity index (χ3n) is 2.79. The quantitative estimate of drug-likeness (QED) is 0.150. The topological polar surface area (TPSA) is 81.6 Å². The molecule has 0 aromatic carbocycles. The Bertz CT molecular complexity index is 185. The molecule has 174 valence electrons. The van der Waals surface area contributed by atoms with Crippen LogP contribution in [0.2, 0.25) is 0 Å². The molecule has 1 aliphatic rings. The van der Waals surface area contributed by atoms with Crippen LogP contribution in [0.3, 0.4) is 0 Å². The van der Waals surface area contributed by atoms with E-state index < -0.39 is 0 Å². The molecule has 11 heteroatoms. The molecule has 0 unspecified atom stereocenters. The van der Waals surface area contributed by atoms with E-state index in [0.717, 1.165) is 27.9 Å². The molecule has 0 aliphatic carbocycles. The third-order valence-corrected chi connectivity index (χ3v) is 2.79. The van der Waals surface area contributed by atoms with E-state index in [1.165, 1.54) is 32.4 Å². The van der Waals surface area contributed by atoms with Crippen LogP contribution in [0, 0.1) is 6.92 Å². The minimum absolute atomic E-state index is 0. The van der Waals surface area contributed by atoms with Crippen molar-refractivity contribution in [3.8, 4) is 0 Å². The van der Waals surface area contributed by atoms with E-state index in [0.29, 0.717) is 12.1 Å². The average molecular weight is 585 g/mol. The van der Waals surface area contributed by atoms with Gasteiger partial charge in [0.05, 0.1) is 0 Å². The summed E-state index contributed by atoms with van der Waals surface area (Å²) in [7, 11) is 2.50. The first-order valence-electron chi connectivity index (χ1n) is 9.00. The number of aliphatic hydroxyl groups is 1. The summed E-state index contributed by atoms with van der Waals surface area (Å²) in [5.74, 6) is 0. The fraction of sp³-hybridized carbons (Fsp3) is 0.947. The van der Waals surface area contributed by atoms with Crippen LogP contribution >= 0.6 is 45.8 Å². The van der Waals surface area contributed by atoms with Crippen molar-refractivity contribution >= 4 is 45.8 Å². The van der Waals surface area contributed by atoms with Crippen molar-refractivity contribution in [1.29, 1.82) is 0 Å². The zero-order valence-corrected chi connectivity index (χ0v) is 27.7. The van der Waals surface area contributed by atoms with Gasteiger partial charge in [0, 0.05) is 19.2 Å². The Morgan fingerprint density at radius 3 is 1.13 bits per heavy atom. The smallest absolute Gasteiger partial charge is 0.857 e. The van der Waals surface area contributed by atoms with Gasteiger partial charge in [-0.1, -0.05) is 29.0 Å². The molecular formula is C19H46Cl2ILi2N2NaO3. The van der Waals surface area contributed by atoms with Gasteiger partial charge in [-0.25, -0.2) is 0 Å². The van der Waals surface area contributed by atoms with Crippen LogP contribution in [-0.2, 0) is 0 Å².